The topological polar surface area (TPSA) is 51.8 Å². The first kappa shape index (κ1) is 9.73. The summed E-state index contributed by atoms with van der Waals surface area (Å²) in [5.74, 6) is 0.607. The van der Waals surface area contributed by atoms with Crippen LogP contribution in [0.25, 0.3) is 11.0 Å². The van der Waals surface area contributed by atoms with E-state index in [9.17, 15) is 0 Å². The fourth-order valence-corrected chi connectivity index (χ4v) is 2.17. The second kappa shape index (κ2) is 3.83. The molecular formula is C13H15N3. The van der Waals surface area contributed by atoms with Crippen LogP contribution >= 0.6 is 0 Å². The van der Waals surface area contributed by atoms with Gasteiger partial charge in [-0.25, -0.2) is 4.98 Å². The lowest BCUT2D eigenvalue weighted by atomic mass is 9.79. The van der Waals surface area contributed by atoms with Gasteiger partial charge in [0.25, 0.3) is 0 Å². The first-order valence-corrected chi connectivity index (χ1v) is 5.82. The van der Waals surface area contributed by atoms with E-state index in [0.717, 1.165) is 16.7 Å². The third kappa shape index (κ3) is 1.57. The second-order valence-electron chi connectivity index (χ2n) is 4.50. The molecule has 1 aliphatic carbocycles. The van der Waals surface area contributed by atoms with Gasteiger partial charge in [0.1, 0.15) is 0 Å². The van der Waals surface area contributed by atoms with Crippen LogP contribution in [0.3, 0.4) is 0 Å². The molecule has 82 valence electrons. The maximum Gasteiger partial charge on any atom is 0.0890 e. The number of hydrogen-bond acceptors (Lipinski definition) is 3. The van der Waals surface area contributed by atoms with Gasteiger partial charge in [-0.1, -0.05) is 18.6 Å². The molecule has 3 heteroatoms. The van der Waals surface area contributed by atoms with Crippen LogP contribution in [0.5, 0.6) is 0 Å². The first-order chi connectivity index (χ1) is 7.84. The first-order valence-electron chi connectivity index (χ1n) is 5.82. The molecule has 0 bridgehead atoms. The quantitative estimate of drug-likeness (QED) is 0.833. The molecule has 3 rings (SSSR count). The zero-order chi connectivity index (χ0) is 11.0. The van der Waals surface area contributed by atoms with E-state index in [4.69, 9.17) is 5.73 Å². The van der Waals surface area contributed by atoms with Crippen molar-refractivity contribution in [3.63, 3.8) is 0 Å². The number of fused-ring (bicyclic) bond motifs is 1. The van der Waals surface area contributed by atoms with Crippen LogP contribution in [0, 0.1) is 5.92 Å². The SMILES string of the molecule is NC(c1cnc2ccccc2n1)C1CCC1. The van der Waals surface area contributed by atoms with Gasteiger partial charge < -0.3 is 5.73 Å². The molecule has 2 N–H and O–H groups in total. The van der Waals surface area contributed by atoms with E-state index in [1.54, 1.807) is 0 Å². The summed E-state index contributed by atoms with van der Waals surface area (Å²) in [7, 11) is 0. The van der Waals surface area contributed by atoms with Gasteiger partial charge in [0, 0.05) is 0 Å². The maximum atomic E-state index is 6.19. The standard InChI is InChI=1S/C13H15N3/c14-13(9-4-3-5-9)12-8-15-10-6-1-2-7-11(10)16-12/h1-2,6-9,13H,3-5,14H2. The van der Waals surface area contributed by atoms with E-state index in [0.29, 0.717) is 5.92 Å². The summed E-state index contributed by atoms with van der Waals surface area (Å²) in [5.41, 5.74) is 9.00. The molecule has 2 aromatic rings. The Morgan fingerprint density at radius 1 is 1.19 bits per heavy atom. The number of rotatable bonds is 2. The molecule has 0 radical (unpaired) electrons. The lowest BCUT2D eigenvalue weighted by molar-refractivity contribution is 0.261. The minimum Gasteiger partial charge on any atom is -0.322 e. The van der Waals surface area contributed by atoms with Crippen molar-refractivity contribution in [2.24, 2.45) is 11.7 Å². The van der Waals surface area contributed by atoms with Gasteiger partial charge in [0.2, 0.25) is 0 Å². The normalized spacial score (nSPS) is 18.3. The van der Waals surface area contributed by atoms with Crippen LogP contribution in [0.4, 0.5) is 0 Å². The Hall–Kier alpha value is -1.48. The average Bonchev–Trinajstić information content (AvgIpc) is 2.26. The van der Waals surface area contributed by atoms with Crippen molar-refractivity contribution in [2.75, 3.05) is 0 Å². The Kier molecular flexibility index (Phi) is 2.33. The molecule has 0 amide bonds. The third-order valence-corrected chi connectivity index (χ3v) is 3.47. The molecule has 1 aliphatic rings. The van der Waals surface area contributed by atoms with Gasteiger partial charge in [-0.15, -0.1) is 0 Å². The molecule has 1 aromatic heterocycles. The van der Waals surface area contributed by atoms with Crippen molar-refractivity contribution in [1.82, 2.24) is 9.97 Å². The van der Waals surface area contributed by atoms with Gasteiger partial charge in [-0.2, -0.15) is 0 Å². The van der Waals surface area contributed by atoms with E-state index in [1.807, 2.05) is 30.5 Å². The van der Waals surface area contributed by atoms with E-state index < -0.39 is 0 Å². The van der Waals surface area contributed by atoms with Crippen molar-refractivity contribution >= 4 is 11.0 Å². The van der Waals surface area contributed by atoms with Crippen molar-refractivity contribution in [3.05, 3.63) is 36.2 Å². The van der Waals surface area contributed by atoms with Gasteiger partial charge in [-0.05, 0) is 30.9 Å². The number of benzene rings is 1. The highest BCUT2D eigenvalue weighted by Crippen LogP contribution is 2.35. The lowest BCUT2D eigenvalue weighted by Gasteiger charge is -2.30. The predicted molar refractivity (Wildman–Crippen MR) is 63.8 cm³/mol. The Labute approximate surface area is 94.7 Å². The van der Waals surface area contributed by atoms with Gasteiger partial charge in [-0.3, -0.25) is 4.98 Å². The highest BCUT2D eigenvalue weighted by Gasteiger charge is 2.26. The molecular weight excluding hydrogens is 198 g/mol. The van der Waals surface area contributed by atoms with Crippen molar-refractivity contribution < 1.29 is 0 Å². The molecule has 1 fully saturated rings. The van der Waals surface area contributed by atoms with E-state index in [-0.39, 0.29) is 6.04 Å². The number of nitrogens with zero attached hydrogens (tertiary/aromatic N) is 2. The molecule has 1 aromatic carbocycles. The molecule has 1 saturated carbocycles. The summed E-state index contributed by atoms with van der Waals surface area (Å²) >= 11 is 0. The van der Waals surface area contributed by atoms with Crippen LogP contribution < -0.4 is 5.73 Å². The Balaban J connectivity index is 1.97. The minimum atomic E-state index is 0.0610. The van der Waals surface area contributed by atoms with Gasteiger partial charge >= 0.3 is 0 Å². The fourth-order valence-electron chi connectivity index (χ4n) is 2.17. The van der Waals surface area contributed by atoms with Crippen LogP contribution in [0.1, 0.15) is 31.0 Å². The molecule has 0 aliphatic heterocycles. The highest BCUT2D eigenvalue weighted by atomic mass is 14.8. The minimum absolute atomic E-state index is 0.0610. The molecule has 0 spiro atoms. The summed E-state index contributed by atoms with van der Waals surface area (Å²) in [4.78, 5) is 8.99. The highest BCUT2D eigenvalue weighted by molar-refractivity contribution is 5.73. The number of hydrogen-bond donors (Lipinski definition) is 1. The van der Waals surface area contributed by atoms with Crippen molar-refractivity contribution in [1.29, 1.82) is 0 Å². The Morgan fingerprint density at radius 3 is 2.62 bits per heavy atom. The molecule has 1 atom stereocenters. The van der Waals surface area contributed by atoms with Crippen LogP contribution in [-0.2, 0) is 0 Å². The smallest absolute Gasteiger partial charge is 0.0890 e. The molecule has 3 nitrogen and oxygen atoms in total. The zero-order valence-electron chi connectivity index (χ0n) is 9.13. The van der Waals surface area contributed by atoms with Crippen LogP contribution in [-0.4, -0.2) is 9.97 Å². The average molecular weight is 213 g/mol. The zero-order valence-corrected chi connectivity index (χ0v) is 9.13. The van der Waals surface area contributed by atoms with Gasteiger partial charge in [0.05, 0.1) is 29.0 Å². The summed E-state index contributed by atoms with van der Waals surface area (Å²) in [6.07, 6.45) is 5.59. The molecule has 16 heavy (non-hydrogen) atoms. The second-order valence-corrected chi connectivity index (χ2v) is 4.50. The number of aromatic nitrogens is 2. The van der Waals surface area contributed by atoms with E-state index in [2.05, 4.69) is 9.97 Å². The Bertz CT molecular complexity index is 505. The lowest BCUT2D eigenvalue weighted by Crippen LogP contribution is -2.27. The molecule has 1 unspecified atom stereocenters. The van der Waals surface area contributed by atoms with E-state index in [1.165, 1.54) is 19.3 Å². The van der Waals surface area contributed by atoms with Crippen molar-refractivity contribution in [2.45, 2.75) is 25.3 Å². The van der Waals surface area contributed by atoms with Crippen LogP contribution in [0.15, 0.2) is 30.5 Å². The summed E-state index contributed by atoms with van der Waals surface area (Å²) in [5, 5.41) is 0. The maximum absolute atomic E-state index is 6.19. The summed E-state index contributed by atoms with van der Waals surface area (Å²) in [6.45, 7) is 0. The predicted octanol–water partition coefficient (Wildman–Crippen LogP) is 2.43. The largest absolute Gasteiger partial charge is 0.322 e. The third-order valence-electron chi connectivity index (χ3n) is 3.47. The summed E-state index contributed by atoms with van der Waals surface area (Å²) in [6, 6.07) is 7.98. The van der Waals surface area contributed by atoms with Crippen molar-refractivity contribution in [3.8, 4) is 0 Å². The number of para-hydroxylation sites is 2. The Morgan fingerprint density at radius 2 is 1.94 bits per heavy atom. The monoisotopic (exact) mass is 213 g/mol. The molecule has 0 saturated heterocycles. The number of nitrogens with two attached hydrogens (primary N) is 1. The van der Waals surface area contributed by atoms with Gasteiger partial charge in [0.15, 0.2) is 0 Å². The fraction of sp³-hybridized carbons (Fsp3) is 0.385. The van der Waals surface area contributed by atoms with Crippen LogP contribution in [0.2, 0.25) is 0 Å². The van der Waals surface area contributed by atoms with E-state index >= 15 is 0 Å². The molecule has 1 heterocycles. The summed E-state index contributed by atoms with van der Waals surface area (Å²) < 4.78 is 0.